The fourth-order valence-corrected chi connectivity index (χ4v) is 3.05. The number of fused-ring (bicyclic) bond motifs is 1. The number of hydrogen-bond acceptors (Lipinski definition) is 6. The second-order valence-electron chi connectivity index (χ2n) is 5.13. The predicted molar refractivity (Wildman–Crippen MR) is 97.0 cm³/mol. The molecule has 1 N–H and O–H groups in total. The summed E-state index contributed by atoms with van der Waals surface area (Å²) in [6.07, 6.45) is 3.18. The van der Waals surface area contributed by atoms with Crippen LogP contribution < -0.4 is 10.1 Å². The third-order valence-electron chi connectivity index (χ3n) is 3.34. The molecule has 25 heavy (non-hydrogen) atoms. The van der Waals surface area contributed by atoms with Crippen LogP contribution >= 0.6 is 23.4 Å². The van der Waals surface area contributed by atoms with Crippen LogP contribution in [0, 0.1) is 0 Å². The normalized spacial score (nSPS) is 10.8. The fraction of sp³-hybridized carbons (Fsp3) is 0.250. The highest BCUT2D eigenvalue weighted by atomic mass is 35.5. The van der Waals surface area contributed by atoms with Gasteiger partial charge in [-0.05, 0) is 24.3 Å². The van der Waals surface area contributed by atoms with Crippen molar-refractivity contribution in [3.8, 4) is 5.75 Å². The summed E-state index contributed by atoms with van der Waals surface area (Å²) >= 11 is 7.16. The molecule has 0 fully saturated rings. The van der Waals surface area contributed by atoms with Crippen LogP contribution in [0.5, 0.6) is 5.75 Å². The van der Waals surface area contributed by atoms with Crippen molar-refractivity contribution < 1.29 is 9.53 Å². The van der Waals surface area contributed by atoms with Crippen molar-refractivity contribution in [2.24, 2.45) is 7.05 Å². The van der Waals surface area contributed by atoms with Gasteiger partial charge < -0.3 is 10.1 Å². The van der Waals surface area contributed by atoms with Gasteiger partial charge in [0, 0.05) is 12.1 Å². The third-order valence-corrected chi connectivity index (χ3v) is 4.60. The van der Waals surface area contributed by atoms with Crippen LogP contribution in [0.15, 0.2) is 41.8 Å². The number of halogens is 1. The summed E-state index contributed by atoms with van der Waals surface area (Å²) in [6, 6.07) is 7.09. The Morgan fingerprint density at radius 3 is 2.92 bits per heavy atom. The average Bonchev–Trinajstić information content (AvgIpc) is 3.00. The Hall–Kier alpha value is -2.32. The number of carbonyl (C=O) groups is 1. The second kappa shape index (κ2) is 8.17. The maximum atomic E-state index is 11.9. The first kappa shape index (κ1) is 17.5. The molecule has 3 rings (SSSR count). The number of benzene rings is 1. The molecule has 130 valence electrons. The Morgan fingerprint density at radius 2 is 2.12 bits per heavy atom. The zero-order chi connectivity index (χ0) is 17.6. The highest BCUT2D eigenvalue weighted by Crippen LogP contribution is 2.23. The number of nitrogens with one attached hydrogen (secondary N) is 1. The molecule has 0 aliphatic rings. The molecule has 1 amide bonds. The van der Waals surface area contributed by atoms with E-state index in [-0.39, 0.29) is 11.7 Å². The van der Waals surface area contributed by atoms with Gasteiger partial charge in [-0.3, -0.25) is 9.48 Å². The molecular formula is C16H16ClN5O2S. The van der Waals surface area contributed by atoms with Crippen molar-refractivity contribution in [3.63, 3.8) is 0 Å². The first-order chi connectivity index (χ1) is 12.1. The molecule has 0 aliphatic heterocycles. The molecule has 0 spiro atoms. The number of aryl methyl sites for hydroxylation is 1. The van der Waals surface area contributed by atoms with E-state index in [1.54, 1.807) is 35.1 Å². The van der Waals surface area contributed by atoms with Gasteiger partial charge in [0.2, 0.25) is 5.91 Å². The molecule has 2 aromatic heterocycles. The van der Waals surface area contributed by atoms with Crippen molar-refractivity contribution in [3.05, 3.63) is 41.8 Å². The Balaban J connectivity index is 1.42. The lowest BCUT2D eigenvalue weighted by Gasteiger charge is -2.08. The van der Waals surface area contributed by atoms with E-state index in [0.717, 1.165) is 16.1 Å². The lowest BCUT2D eigenvalue weighted by Crippen LogP contribution is -2.29. The van der Waals surface area contributed by atoms with Gasteiger partial charge in [-0.15, -0.1) is 0 Å². The van der Waals surface area contributed by atoms with E-state index in [1.807, 2.05) is 7.05 Å². The van der Waals surface area contributed by atoms with Crippen molar-refractivity contribution in [2.45, 2.75) is 5.03 Å². The van der Waals surface area contributed by atoms with E-state index in [2.05, 4.69) is 20.4 Å². The molecule has 1 aromatic carbocycles. The average molecular weight is 378 g/mol. The molecular weight excluding hydrogens is 362 g/mol. The summed E-state index contributed by atoms with van der Waals surface area (Å²) < 4.78 is 7.20. The molecule has 0 aliphatic carbocycles. The van der Waals surface area contributed by atoms with Gasteiger partial charge in [0.15, 0.2) is 5.65 Å². The molecule has 0 unspecified atom stereocenters. The van der Waals surface area contributed by atoms with Gasteiger partial charge >= 0.3 is 0 Å². The van der Waals surface area contributed by atoms with Crippen molar-refractivity contribution in [1.29, 1.82) is 0 Å². The number of ether oxygens (including phenoxy) is 1. The van der Waals surface area contributed by atoms with Gasteiger partial charge in [0.05, 0.1) is 23.9 Å². The van der Waals surface area contributed by atoms with Crippen LogP contribution in [0.25, 0.3) is 11.0 Å². The van der Waals surface area contributed by atoms with E-state index < -0.39 is 0 Å². The molecule has 3 aromatic rings. The molecule has 0 bridgehead atoms. The topological polar surface area (TPSA) is 81.9 Å². The molecule has 0 saturated carbocycles. The number of aromatic nitrogens is 4. The minimum Gasteiger partial charge on any atom is -0.492 e. The second-order valence-corrected chi connectivity index (χ2v) is 6.53. The summed E-state index contributed by atoms with van der Waals surface area (Å²) in [5, 5.41) is 9.21. The Kier molecular flexibility index (Phi) is 5.72. The number of rotatable bonds is 7. The van der Waals surface area contributed by atoms with Crippen molar-refractivity contribution in [2.75, 3.05) is 18.9 Å². The lowest BCUT2D eigenvalue weighted by molar-refractivity contribution is -0.118. The van der Waals surface area contributed by atoms with E-state index in [0.29, 0.717) is 23.9 Å². The van der Waals surface area contributed by atoms with Gasteiger partial charge in [0.1, 0.15) is 23.7 Å². The maximum absolute atomic E-state index is 11.9. The Bertz CT molecular complexity index is 869. The first-order valence-electron chi connectivity index (χ1n) is 7.54. The van der Waals surface area contributed by atoms with Crippen LogP contribution in [0.4, 0.5) is 0 Å². The number of carbonyl (C=O) groups excluding carboxylic acids is 1. The number of nitrogens with zero attached hydrogens (tertiary/aromatic N) is 4. The van der Waals surface area contributed by atoms with Gasteiger partial charge in [-0.25, -0.2) is 9.97 Å². The highest BCUT2D eigenvalue weighted by molar-refractivity contribution is 8.00. The summed E-state index contributed by atoms with van der Waals surface area (Å²) in [5.74, 6) is 0.899. The lowest BCUT2D eigenvalue weighted by atomic mass is 10.3. The SMILES string of the molecule is Cn1ncc2c(SCC(=O)NCCOc3ccc(Cl)cc3)ncnc21. The molecule has 0 atom stereocenters. The zero-order valence-electron chi connectivity index (χ0n) is 13.5. The Labute approximate surface area is 153 Å². The number of hydrogen-bond donors (Lipinski definition) is 1. The monoisotopic (exact) mass is 377 g/mol. The summed E-state index contributed by atoms with van der Waals surface area (Å²) in [4.78, 5) is 20.3. The molecule has 2 heterocycles. The van der Waals surface area contributed by atoms with Gasteiger partial charge in [0.25, 0.3) is 0 Å². The van der Waals surface area contributed by atoms with Crippen LogP contribution in [-0.2, 0) is 11.8 Å². The summed E-state index contributed by atoms with van der Waals surface area (Å²) in [6.45, 7) is 0.812. The molecule has 7 nitrogen and oxygen atoms in total. The smallest absolute Gasteiger partial charge is 0.230 e. The van der Waals surface area contributed by atoms with E-state index in [1.165, 1.54) is 18.1 Å². The van der Waals surface area contributed by atoms with Crippen molar-refractivity contribution in [1.82, 2.24) is 25.1 Å². The van der Waals surface area contributed by atoms with E-state index >= 15 is 0 Å². The van der Waals surface area contributed by atoms with Crippen LogP contribution in [0.3, 0.4) is 0 Å². The van der Waals surface area contributed by atoms with Gasteiger partial charge in [-0.2, -0.15) is 5.10 Å². The minimum absolute atomic E-state index is 0.0830. The molecule has 0 saturated heterocycles. The van der Waals surface area contributed by atoms with Crippen LogP contribution in [0.2, 0.25) is 5.02 Å². The summed E-state index contributed by atoms with van der Waals surface area (Å²) in [5.41, 5.74) is 0.745. The van der Waals surface area contributed by atoms with Crippen LogP contribution in [0.1, 0.15) is 0 Å². The minimum atomic E-state index is -0.0830. The third kappa shape index (κ3) is 4.61. The highest BCUT2D eigenvalue weighted by Gasteiger charge is 2.10. The first-order valence-corrected chi connectivity index (χ1v) is 8.90. The van der Waals surface area contributed by atoms with Gasteiger partial charge in [-0.1, -0.05) is 23.4 Å². The standard InChI is InChI=1S/C16H16ClN5O2S/c1-22-15-13(8-21-22)16(20-10-19-15)25-9-14(23)18-6-7-24-12-4-2-11(17)3-5-12/h2-5,8,10H,6-7,9H2,1H3,(H,18,23). The Morgan fingerprint density at radius 1 is 1.32 bits per heavy atom. The molecule has 0 radical (unpaired) electrons. The number of thioether (sulfide) groups is 1. The van der Waals surface area contributed by atoms with E-state index in [9.17, 15) is 4.79 Å². The predicted octanol–water partition coefficient (Wildman–Crippen LogP) is 2.30. The quantitative estimate of drug-likeness (QED) is 0.386. The largest absolute Gasteiger partial charge is 0.492 e. The zero-order valence-corrected chi connectivity index (χ0v) is 15.0. The fourth-order valence-electron chi connectivity index (χ4n) is 2.13. The molecule has 9 heteroatoms. The summed E-state index contributed by atoms with van der Waals surface area (Å²) in [7, 11) is 1.82. The van der Waals surface area contributed by atoms with Crippen LogP contribution in [-0.4, -0.2) is 44.6 Å². The maximum Gasteiger partial charge on any atom is 0.230 e. The van der Waals surface area contributed by atoms with Crippen molar-refractivity contribution >= 4 is 40.3 Å². The van der Waals surface area contributed by atoms with E-state index in [4.69, 9.17) is 16.3 Å². The number of amides is 1.